The first-order chi connectivity index (χ1) is 14.6. The lowest BCUT2D eigenvalue weighted by molar-refractivity contribution is -0.118. The van der Waals surface area contributed by atoms with Gasteiger partial charge in [-0.2, -0.15) is 9.61 Å². The molecule has 0 atom stereocenters. The maximum atomic E-state index is 13.2. The number of carbonyl (C=O) groups excluding carboxylic acids is 1. The summed E-state index contributed by atoms with van der Waals surface area (Å²) in [6.07, 6.45) is 0. The molecule has 4 aromatic rings. The van der Waals surface area contributed by atoms with E-state index in [9.17, 15) is 9.18 Å². The average Bonchev–Trinajstić information content (AvgIpc) is 3.19. The van der Waals surface area contributed by atoms with Crippen LogP contribution in [0.15, 0.2) is 65.8 Å². The summed E-state index contributed by atoms with van der Waals surface area (Å²) in [6, 6.07) is 17.2. The van der Waals surface area contributed by atoms with Crippen LogP contribution in [0.25, 0.3) is 16.9 Å². The molecule has 0 aliphatic heterocycles. The molecule has 0 saturated carbocycles. The highest BCUT2D eigenvalue weighted by molar-refractivity contribution is 7.99. The van der Waals surface area contributed by atoms with Gasteiger partial charge in [0.1, 0.15) is 11.6 Å². The van der Waals surface area contributed by atoms with Crippen molar-refractivity contribution in [1.82, 2.24) is 25.1 Å². The number of methoxy groups -OCH3 is 1. The minimum Gasteiger partial charge on any atom is -0.497 e. The van der Waals surface area contributed by atoms with E-state index in [0.29, 0.717) is 23.0 Å². The van der Waals surface area contributed by atoms with Crippen molar-refractivity contribution in [2.24, 2.45) is 0 Å². The molecule has 0 saturated heterocycles. The Morgan fingerprint density at radius 3 is 2.77 bits per heavy atom. The predicted octanol–water partition coefficient (Wildman–Crippen LogP) is 3.35. The third kappa shape index (κ3) is 4.57. The average molecular weight is 423 g/mol. The number of halogens is 1. The predicted molar refractivity (Wildman–Crippen MR) is 112 cm³/mol. The topological polar surface area (TPSA) is 81.4 Å². The van der Waals surface area contributed by atoms with Crippen LogP contribution in [0.4, 0.5) is 4.39 Å². The molecule has 2 heterocycles. The lowest BCUT2D eigenvalue weighted by Crippen LogP contribution is -2.24. The Morgan fingerprint density at radius 1 is 1.13 bits per heavy atom. The number of carbonyl (C=O) groups is 1. The van der Waals surface area contributed by atoms with Crippen molar-refractivity contribution in [1.29, 1.82) is 0 Å². The zero-order chi connectivity index (χ0) is 20.9. The number of nitrogens with zero attached hydrogens (tertiary/aromatic N) is 4. The van der Waals surface area contributed by atoms with Crippen LogP contribution in [0.3, 0.4) is 0 Å². The van der Waals surface area contributed by atoms with E-state index in [1.54, 1.807) is 35.9 Å². The number of amides is 1. The maximum Gasteiger partial charge on any atom is 0.230 e. The number of aromatic nitrogens is 4. The van der Waals surface area contributed by atoms with Gasteiger partial charge in [0.25, 0.3) is 0 Å². The number of fused-ring (bicyclic) bond motifs is 1. The van der Waals surface area contributed by atoms with Gasteiger partial charge < -0.3 is 10.1 Å². The van der Waals surface area contributed by atoms with Crippen LogP contribution in [-0.4, -0.2) is 38.6 Å². The van der Waals surface area contributed by atoms with Crippen molar-refractivity contribution in [3.8, 4) is 17.0 Å². The van der Waals surface area contributed by atoms with Crippen LogP contribution in [0.1, 0.15) is 5.56 Å². The third-order valence-electron chi connectivity index (χ3n) is 4.33. The van der Waals surface area contributed by atoms with Crippen LogP contribution in [-0.2, 0) is 11.3 Å². The minimum absolute atomic E-state index is 0.130. The van der Waals surface area contributed by atoms with Gasteiger partial charge in [-0.3, -0.25) is 4.79 Å². The minimum atomic E-state index is -0.305. The van der Waals surface area contributed by atoms with Crippen molar-refractivity contribution < 1.29 is 13.9 Å². The smallest absolute Gasteiger partial charge is 0.230 e. The highest BCUT2D eigenvalue weighted by Crippen LogP contribution is 2.21. The van der Waals surface area contributed by atoms with E-state index in [0.717, 1.165) is 16.9 Å². The van der Waals surface area contributed by atoms with Crippen molar-refractivity contribution in [3.05, 3.63) is 72.0 Å². The fourth-order valence-corrected chi connectivity index (χ4v) is 3.52. The Labute approximate surface area is 176 Å². The molecular weight excluding hydrogens is 405 g/mol. The second-order valence-electron chi connectivity index (χ2n) is 6.39. The van der Waals surface area contributed by atoms with E-state index in [2.05, 4.69) is 20.6 Å². The molecule has 152 valence electrons. The number of hydrogen-bond acceptors (Lipinski definition) is 6. The van der Waals surface area contributed by atoms with Crippen molar-refractivity contribution in [3.63, 3.8) is 0 Å². The van der Waals surface area contributed by atoms with E-state index in [4.69, 9.17) is 4.74 Å². The molecule has 30 heavy (non-hydrogen) atoms. The summed E-state index contributed by atoms with van der Waals surface area (Å²) in [7, 11) is 1.60. The Hall–Kier alpha value is -3.46. The van der Waals surface area contributed by atoms with Crippen LogP contribution < -0.4 is 10.1 Å². The largest absolute Gasteiger partial charge is 0.497 e. The highest BCUT2D eigenvalue weighted by Gasteiger charge is 2.12. The van der Waals surface area contributed by atoms with E-state index in [1.807, 2.05) is 24.3 Å². The summed E-state index contributed by atoms with van der Waals surface area (Å²) in [4.78, 5) is 12.2. The molecule has 0 bridgehead atoms. The summed E-state index contributed by atoms with van der Waals surface area (Å²) in [5, 5.41) is 16.1. The van der Waals surface area contributed by atoms with Gasteiger partial charge in [0, 0.05) is 12.1 Å². The molecule has 2 aromatic heterocycles. The van der Waals surface area contributed by atoms with Crippen LogP contribution in [0.5, 0.6) is 5.75 Å². The third-order valence-corrected chi connectivity index (χ3v) is 5.25. The first kappa shape index (κ1) is 19.8. The maximum absolute atomic E-state index is 13.2. The van der Waals surface area contributed by atoms with Gasteiger partial charge in [-0.25, -0.2) is 4.39 Å². The molecule has 0 unspecified atom stereocenters. The zero-order valence-corrected chi connectivity index (χ0v) is 16.9. The van der Waals surface area contributed by atoms with Crippen molar-refractivity contribution in [2.45, 2.75) is 11.7 Å². The number of ether oxygens (including phenoxy) is 1. The van der Waals surface area contributed by atoms with E-state index >= 15 is 0 Å². The van der Waals surface area contributed by atoms with Crippen LogP contribution in [0, 0.1) is 5.82 Å². The molecule has 0 aliphatic rings. The first-order valence-electron chi connectivity index (χ1n) is 9.13. The van der Waals surface area contributed by atoms with Crippen molar-refractivity contribution >= 4 is 23.3 Å². The quantitative estimate of drug-likeness (QED) is 0.459. The van der Waals surface area contributed by atoms with Gasteiger partial charge in [-0.15, -0.1) is 10.2 Å². The molecule has 7 nitrogen and oxygen atoms in total. The summed E-state index contributed by atoms with van der Waals surface area (Å²) >= 11 is 1.24. The Kier molecular flexibility index (Phi) is 5.89. The monoisotopic (exact) mass is 423 g/mol. The van der Waals surface area contributed by atoms with Crippen LogP contribution >= 0.6 is 11.8 Å². The molecule has 1 N–H and O–H groups in total. The molecule has 0 aliphatic carbocycles. The second-order valence-corrected chi connectivity index (χ2v) is 7.34. The fourth-order valence-electron chi connectivity index (χ4n) is 2.80. The molecule has 9 heteroatoms. The van der Waals surface area contributed by atoms with Crippen LogP contribution in [0.2, 0.25) is 0 Å². The SMILES string of the molecule is COc1cccc(CNC(=O)CSc2nnc3ccc(-c4ccc(F)cc4)nn23)c1. The fraction of sp³-hybridized carbons (Fsp3) is 0.143. The Morgan fingerprint density at radius 2 is 1.97 bits per heavy atom. The molecule has 2 aromatic carbocycles. The lowest BCUT2D eigenvalue weighted by Gasteiger charge is -2.07. The summed E-state index contributed by atoms with van der Waals surface area (Å²) in [5.41, 5.74) is 2.96. The molecule has 4 rings (SSSR count). The number of rotatable bonds is 7. The summed E-state index contributed by atoms with van der Waals surface area (Å²) < 4.78 is 19.9. The number of nitrogens with one attached hydrogen (secondary N) is 1. The summed E-state index contributed by atoms with van der Waals surface area (Å²) in [6.45, 7) is 0.407. The Balaban J connectivity index is 1.41. The van der Waals surface area contributed by atoms with Gasteiger partial charge in [-0.1, -0.05) is 23.9 Å². The number of benzene rings is 2. The standard InChI is InChI=1S/C21H18FN5O2S/c1-29-17-4-2-3-14(11-17)12-23-20(28)13-30-21-25-24-19-10-9-18(26-27(19)21)15-5-7-16(22)8-6-15/h2-11H,12-13H2,1H3,(H,23,28). The lowest BCUT2D eigenvalue weighted by atomic mass is 10.1. The van der Waals surface area contributed by atoms with Gasteiger partial charge >= 0.3 is 0 Å². The second kappa shape index (κ2) is 8.91. The van der Waals surface area contributed by atoms with Gasteiger partial charge in [0.2, 0.25) is 11.1 Å². The molecule has 1 amide bonds. The molecular formula is C21H18FN5O2S. The molecule has 0 radical (unpaired) electrons. The normalized spacial score (nSPS) is 10.9. The van der Waals surface area contributed by atoms with Crippen molar-refractivity contribution in [2.75, 3.05) is 12.9 Å². The van der Waals surface area contributed by atoms with E-state index < -0.39 is 0 Å². The van der Waals surface area contributed by atoms with Gasteiger partial charge in [0.05, 0.1) is 18.6 Å². The van der Waals surface area contributed by atoms with Gasteiger partial charge in [-0.05, 0) is 54.1 Å². The molecule has 0 spiro atoms. The first-order valence-corrected chi connectivity index (χ1v) is 10.1. The highest BCUT2D eigenvalue weighted by atomic mass is 32.2. The van der Waals surface area contributed by atoms with E-state index in [-0.39, 0.29) is 17.5 Å². The van der Waals surface area contributed by atoms with E-state index in [1.165, 1.54) is 23.9 Å². The molecule has 0 fully saturated rings. The zero-order valence-electron chi connectivity index (χ0n) is 16.1. The van der Waals surface area contributed by atoms with Gasteiger partial charge in [0.15, 0.2) is 5.65 Å². The number of hydrogen-bond donors (Lipinski definition) is 1. The summed E-state index contributed by atoms with van der Waals surface area (Å²) in [5.74, 6) is 0.483. The number of thioether (sulfide) groups is 1. The Bertz CT molecular complexity index is 1180.